The first-order chi connectivity index (χ1) is 27.8. The maximum atomic E-state index is 5.57. The molecular weight excluding hydrogens is 681 g/mol. The lowest BCUT2D eigenvalue weighted by Crippen LogP contribution is -2.21. The van der Waals surface area contributed by atoms with E-state index in [-0.39, 0.29) is 6.17 Å². The summed E-state index contributed by atoms with van der Waals surface area (Å²) >= 11 is 0. The highest BCUT2D eigenvalue weighted by molar-refractivity contribution is 6.24. The van der Waals surface area contributed by atoms with Crippen LogP contribution in [0.3, 0.4) is 0 Å². The van der Waals surface area contributed by atoms with E-state index in [1.54, 1.807) is 0 Å². The molecular formula is C52H34N4. The smallest absolute Gasteiger partial charge is 0.145 e. The Balaban J connectivity index is 1.06. The topological polar surface area (TPSA) is 34.2 Å². The van der Waals surface area contributed by atoms with Crippen LogP contribution in [-0.2, 0) is 0 Å². The number of fused-ring (bicyclic) bond motifs is 10. The zero-order chi connectivity index (χ0) is 36.7. The molecule has 11 aromatic rings. The van der Waals surface area contributed by atoms with E-state index < -0.39 is 0 Å². The van der Waals surface area contributed by atoms with Gasteiger partial charge in [-0.25, -0.2) is 0 Å². The van der Waals surface area contributed by atoms with Gasteiger partial charge in [-0.3, -0.25) is 4.99 Å². The van der Waals surface area contributed by atoms with Crippen molar-refractivity contribution in [3.05, 3.63) is 211 Å². The Kier molecular flexibility index (Phi) is 6.66. The third-order valence-corrected chi connectivity index (χ3v) is 11.7. The first kappa shape index (κ1) is 31.0. The van der Waals surface area contributed by atoms with Crippen molar-refractivity contribution < 1.29 is 0 Å². The molecule has 56 heavy (non-hydrogen) atoms. The van der Waals surface area contributed by atoms with Crippen LogP contribution in [0.5, 0.6) is 0 Å². The highest BCUT2D eigenvalue weighted by Crippen LogP contribution is 2.41. The molecule has 4 heteroatoms. The number of aliphatic imine (C=N–C) groups is 1. The normalized spacial score (nSPS) is 14.1. The van der Waals surface area contributed by atoms with E-state index in [1.807, 2.05) is 0 Å². The van der Waals surface area contributed by atoms with E-state index in [9.17, 15) is 0 Å². The quantitative estimate of drug-likeness (QED) is 0.193. The Morgan fingerprint density at radius 3 is 1.62 bits per heavy atom. The van der Waals surface area contributed by atoms with Gasteiger partial charge in [-0.1, -0.05) is 152 Å². The summed E-state index contributed by atoms with van der Waals surface area (Å²) in [4.78, 5) is 5.57. The molecule has 0 bridgehead atoms. The molecule has 1 aliphatic heterocycles. The lowest BCUT2D eigenvalue weighted by Gasteiger charge is -2.28. The highest BCUT2D eigenvalue weighted by Gasteiger charge is 2.26. The molecule has 2 aromatic heterocycles. The van der Waals surface area contributed by atoms with Crippen LogP contribution in [0.4, 0.5) is 5.69 Å². The van der Waals surface area contributed by atoms with Crippen LogP contribution in [0.2, 0.25) is 0 Å². The van der Waals surface area contributed by atoms with E-state index in [0.29, 0.717) is 0 Å². The molecule has 262 valence electrons. The van der Waals surface area contributed by atoms with Gasteiger partial charge in [0, 0.05) is 49.4 Å². The average molecular weight is 715 g/mol. The summed E-state index contributed by atoms with van der Waals surface area (Å²) < 4.78 is 4.83. The van der Waals surface area contributed by atoms with Gasteiger partial charge in [0.2, 0.25) is 0 Å². The van der Waals surface area contributed by atoms with Crippen LogP contribution in [0.15, 0.2) is 199 Å². The fraction of sp³-hybridized carbons (Fsp3) is 0.0192. The SMILES string of the molecule is c1cc(C2N=C(c3cccc4ccccc34)c3ccc4ccccc4c3N2)cc(-n2c3ccccc3c3ccc(-n4c5ccccc5c5ccccc54)cc32)c1. The molecule has 1 unspecified atom stereocenters. The Morgan fingerprint density at radius 1 is 0.375 bits per heavy atom. The molecule has 0 saturated carbocycles. The maximum Gasteiger partial charge on any atom is 0.145 e. The van der Waals surface area contributed by atoms with Crippen LogP contribution in [-0.4, -0.2) is 14.8 Å². The van der Waals surface area contributed by atoms with Crippen LogP contribution >= 0.6 is 0 Å². The zero-order valence-electron chi connectivity index (χ0n) is 30.4. The fourth-order valence-corrected chi connectivity index (χ4v) is 9.21. The molecule has 3 heterocycles. The molecule has 12 rings (SSSR count). The molecule has 0 spiro atoms. The number of hydrogen-bond acceptors (Lipinski definition) is 2. The number of nitrogens with zero attached hydrogens (tertiary/aromatic N) is 3. The largest absolute Gasteiger partial charge is 0.359 e. The summed E-state index contributed by atoms with van der Waals surface area (Å²) in [6.45, 7) is 0. The van der Waals surface area contributed by atoms with E-state index in [0.717, 1.165) is 45.0 Å². The lowest BCUT2D eigenvalue weighted by atomic mass is 9.91. The van der Waals surface area contributed by atoms with Gasteiger partial charge in [0.05, 0.1) is 33.5 Å². The van der Waals surface area contributed by atoms with E-state index in [4.69, 9.17) is 4.99 Å². The van der Waals surface area contributed by atoms with Gasteiger partial charge in [-0.05, 0) is 64.2 Å². The second-order valence-corrected chi connectivity index (χ2v) is 14.8. The average Bonchev–Trinajstić information content (AvgIpc) is 3.78. The number of rotatable bonds is 4. The predicted molar refractivity (Wildman–Crippen MR) is 235 cm³/mol. The zero-order valence-corrected chi connectivity index (χ0v) is 30.4. The molecule has 4 nitrogen and oxygen atoms in total. The van der Waals surface area contributed by atoms with Crippen LogP contribution < -0.4 is 5.32 Å². The summed E-state index contributed by atoms with van der Waals surface area (Å²) in [6, 6.07) is 70.3. The Labute approximate surface area is 323 Å². The van der Waals surface area contributed by atoms with Crippen LogP contribution in [0.25, 0.3) is 76.5 Å². The summed E-state index contributed by atoms with van der Waals surface area (Å²) in [5.41, 5.74) is 12.5. The van der Waals surface area contributed by atoms with E-state index in [2.05, 4.69) is 209 Å². The van der Waals surface area contributed by atoms with Gasteiger partial charge in [0.1, 0.15) is 6.17 Å². The molecule has 9 aromatic carbocycles. The van der Waals surface area contributed by atoms with Crippen molar-refractivity contribution in [3.8, 4) is 11.4 Å². The third kappa shape index (κ3) is 4.56. The van der Waals surface area contributed by atoms with Crippen molar-refractivity contribution in [3.63, 3.8) is 0 Å². The highest BCUT2D eigenvalue weighted by atomic mass is 15.1. The van der Waals surface area contributed by atoms with Crippen molar-refractivity contribution in [2.24, 2.45) is 4.99 Å². The number of hydrogen-bond donors (Lipinski definition) is 1. The first-order valence-corrected chi connectivity index (χ1v) is 19.3. The Hall–Kier alpha value is -7.43. The molecule has 1 aliphatic rings. The van der Waals surface area contributed by atoms with E-state index in [1.165, 1.54) is 59.6 Å². The van der Waals surface area contributed by atoms with Gasteiger partial charge in [0.25, 0.3) is 0 Å². The summed E-state index contributed by atoms with van der Waals surface area (Å²) in [5.74, 6) is 0. The molecule has 1 atom stereocenters. The third-order valence-electron chi connectivity index (χ3n) is 11.7. The van der Waals surface area contributed by atoms with Crippen molar-refractivity contribution in [1.82, 2.24) is 9.13 Å². The van der Waals surface area contributed by atoms with Gasteiger partial charge < -0.3 is 14.5 Å². The minimum atomic E-state index is -0.302. The number of nitrogens with one attached hydrogen (secondary N) is 1. The number of anilines is 1. The molecule has 0 aliphatic carbocycles. The number of benzene rings is 9. The van der Waals surface area contributed by atoms with Crippen molar-refractivity contribution in [2.75, 3.05) is 5.32 Å². The number of para-hydroxylation sites is 3. The van der Waals surface area contributed by atoms with Gasteiger partial charge in [0.15, 0.2) is 0 Å². The monoisotopic (exact) mass is 714 g/mol. The van der Waals surface area contributed by atoms with Crippen molar-refractivity contribution in [2.45, 2.75) is 6.17 Å². The van der Waals surface area contributed by atoms with Crippen molar-refractivity contribution >= 4 is 76.6 Å². The first-order valence-electron chi connectivity index (χ1n) is 19.3. The maximum absolute atomic E-state index is 5.57. The Bertz CT molecular complexity index is 3360. The van der Waals surface area contributed by atoms with Gasteiger partial charge in [-0.15, -0.1) is 0 Å². The molecule has 0 amide bonds. The summed E-state index contributed by atoms with van der Waals surface area (Å²) in [6.07, 6.45) is -0.302. The molecule has 1 N–H and O–H groups in total. The number of aromatic nitrogens is 2. The van der Waals surface area contributed by atoms with Crippen molar-refractivity contribution in [1.29, 1.82) is 0 Å². The molecule has 0 radical (unpaired) electrons. The fourth-order valence-electron chi connectivity index (χ4n) is 9.21. The predicted octanol–water partition coefficient (Wildman–Crippen LogP) is 13.1. The molecule has 0 fully saturated rings. The standard InChI is InChI=1S/C52H34N4/c1-3-18-38-33(13-1)15-12-23-44(38)51-45-29-27-34-14-2-4-19-39(34)50(45)53-52(54-51)35-16-11-17-36(31-35)56-48-26-10-7-22-42(48)43-30-28-37(32-49(43)56)55-46-24-8-5-20-40(46)41-21-6-9-25-47(41)55/h1-32,52-53H. The molecule has 0 saturated heterocycles. The van der Waals surface area contributed by atoms with Crippen LogP contribution in [0, 0.1) is 0 Å². The Morgan fingerprint density at radius 2 is 0.911 bits per heavy atom. The lowest BCUT2D eigenvalue weighted by molar-refractivity contribution is 0.829. The second-order valence-electron chi connectivity index (χ2n) is 14.8. The summed E-state index contributed by atoms with van der Waals surface area (Å²) in [5, 5.41) is 13.7. The van der Waals surface area contributed by atoms with Gasteiger partial charge >= 0.3 is 0 Å². The van der Waals surface area contributed by atoms with Gasteiger partial charge in [-0.2, -0.15) is 0 Å². The van der Waals surface area contributed by atoms with Crippen LogP contribution in [0.1, 0.15) is 22.9 Å². The second kappa shape index (κ2) is 12.0. The minimum absolute atomic E-state index is 0.302. The minimum Gasteiger partial charge on any atom is -0.359 e. The van der Waals surface area contributed by atoms with E-state index >= 15 is 0 Å². The summed E-state index contributed by atoms with van der Waals surface area (Å²) in [7, 11) is 0.